The first-order chi connectivity index (χ1) is 8.35. The molecular weight excluding hydrogens is 222 g/mol. The monoisotopic (exact) mass is 249 g/mol. The summed E-state index contributed by atoms with van der Waals surface area (Å²) in [5, 5.41) is 0. The molecule has 0 aliphatic carbocycles. The molecule has 2 heteroatoms. The SMILES string of the molecule is C=C/C=C(\CC(C)(C)CC(C)C)N1CCCC1=O. The Kier molecular flexibility index (Phi) is 5.18. The van der Waals surface area contributed by atoms with Gasteiger partial charge in [0.25, 0.3) is 0 Å². The topological polar surface area (TPSA) is 20.3 Å². The van der Waals surface area contributed by atoms with Crippen LogP contribution in [0.3, 0.4) is 0 Å². The standard InChI is InChI=1S/C16H27NO/c1-6-8-14(17-10-7-9-15(17)18)12-16(4,5)11-13(2)3/h6,8,13H,1,7,9-12H2,2-5H3/b14-8+. The molecular formula is C16H27NO. The van der Waals surface area contributed by atoms with E-state index >= 15 is 0 Å². The van der Waals surface area contributed by atoms with Gasteiger partial charge in [-0.3, -0.25) is 4.79 Å². The summed E-state index contributed by atoms with van der Waals surface area (Å²) in [6, 6.07) is 0. The summed E-state index contributed by atoms with van der Waals surface area (Å²) < 4.78 is 0. The molecule has 0 aromatic rings. The van der Waals surface area contributed by atoms with Crippen LogP contribution in [0.4, 0.5) is 0 Å². The number of allylic oxidation sites excluding steroid dienone is 3. The fourth-order valence-electron chi connectivity index (χ4n) is 3.00. The van der Waals surface area contributed by atoms with Gasteiger partial charge in [-0.1, -0.05) is 40.3 Å². The van der Waals surface area contributed by atoms with Gasteiger partial charge in [0.05, 0.1) is 0 Å². The number of carbonyl (C=O) groups is 1. The minimum atomic E-state index is 0.228. The lowest BCUT2D eigenvalue weighted by atomic mass is 9.80. The molecule has 1 amide bonds. The minimum Gasteiger partial charge on any atom is -0.316 e. The lowest BCUT2D eigenvalue weighted by Crippen LogP contribution is -2.28. The Morgan fingerprint density at radius 1 is 1.50 bits per heavy atom. The lowest BCUT2D eigenvalue weighted by Gasteiger charge is -2.31. The third kappa shape index (κ3) is 4.32. The molecule has 2 nitrogen and oxygen atoms in total. The van der Waals surface area contributed by atoms with E-state index in [1.165, 1.54) is 6.42 Å². The zero-order valence-corrected chi connectivity index (χ0v) is 12.3. The fourth-order valence-corrected chi connectivity index (χ4v) is 3.00. The largest absolute Gasteiger partial charge is 0.316 e. The maximum absolute atomic E-state index is 11.8. The Morgan fingerprint density at radius 2 is 2.17 bits per heavy atom. The van der Waals surface area contributed by atoms with Gasteiger partial charge >= 0.3 is 0 Å². The Bertz CT molecular complexity index is 339. The van der Waals surface area contributed by atoms with Crippen molar-refractivity contribution in [3.63, 3.8) is 0 Å². The molecule has 0 radical (unpaired) electrons. The zero-order chi connectivity index (χ0) is 13.8. The van der Waals surface area contributed by atoms with Crippen LogP contribution in [0.2, 0.25) is 0 Å². The molecule has 0 unspecified atom stereocenters. The second-order valence-corrected chi connectivity index (χ2v) is 6.48. The van der Waals surface area contributed by atoms with E-state index in [1.807, 2.05) is 11.0 Å². The average molecular weight is 249 g/mol. The fraction of sp³-hybridized carbons (Fsp3) is 0.688. The van der Waals surface area contributed by atoms with Crippen molar-refractivity contribution in [3.05, 3.63) is 24.4 Å². The summed E-state index contributed by atoms with van der Waals surface area (Å²) in [5.74, 6) is 0.947. The summed E-state index contributed by atoms with van der Waals surface area (Å²) >= 11 is 0. The van der Waals surface area contributed by atoms with E-state index in [0.29, 0.717) is 12.3 Å². The van der Waals surface area contributed by atoms with Gasteiger partial charge in [0.15, 0.2) is 0 Å². The minimum absolute atomic E-state index is 0.228. The van der Waals surface area contributed by atoms with Crippen LogP contribution in [0.25, 0.3) is 0 Å². The van der Waals surface area contributed by atoms with Crippen LogP contribution in [0.1, 0.15) is 53.4 Å². The first-order valence-electron chi connectivity index (χ1n) is 6.97. The van der Waals surface area contributed by atoms with Crippen molar-refractivity contribution in [1.29, 1.82) is 0 Å². The first-order valence-corrected chi connectivity index (χ1v) is 6.97. The Hall–Kier alpha value is -1.05. The summed E-state index contributed by atoms with van der Waals surface area (Å²) in [4.78, 5) is 13.8. The number of likely N-dealkylation sites (tertiary alicyclic amines) is 1. The quantitative estimate of drug-likeness (QED) is 0.648. The molecule has 0 atom stereocenters. The summed E-state index contributed by atoms with van der Waals surface area (Å²) in [7, 11) is 0. The zero-order valence-electron chi connectivity index (χ0n) is 12.3. The van der Waals surface area contributed by atoms with Crippen LogP contribution in [-0.2, 0) is 4.79 Å². The number of amides is 1. The molecule has 0 N–H and O–H groups in total. The molecule has 1 fully saturated rings. The maximum Gasteiger partial charge on any atom is 0.226 e. The molecule has 1 saturated heterocycles. The molecule has 18 heavy (non-hydrogen) atoms. The van der Waals surface area contributed by atoms with Gasteiger partial charge in [0, 0.05) is 18.7 Å². The van der Waals surface area contributed by atoms with Gasteiger partial charge in [0.2, 0.25) is 5.91 Å². The van der Waals surface area contributed by atoms with Crippen LogP contribution in [0.5, 0.6) is 0 Å². The highest BCUT2D eigenvalue weighted by atomic mass is 16.2. The van der Waals surface area contributed by atoms with Crippen molar-refractivity contribution in [3.8, 4) is 0 Å². The molecule has 102 valence electrons. The predicted molar refractivity (Wildman–Crippen MR) is 77.1 cm³/mol. The van der Waals surface area contributed by atoms with E-state index in [9.17, 15) is 4.79 Å². The average Bonchev–Trinajstić information content (AvgIpc) is 2.61. The van der Waals surface area contributed by atoms with E-state index in [4.69, 9.17) is 0 Å². The second kappa shape index (κ2) is 6.21. The third-order valence-electron chi connectivity index (χ3n) is 3.35. The Morgan fingerprint density at radius 3 is 2.61 bits per heavy atom. The van der Waals surface area contributed by atoms with Crippen LogP contribution in [0.15, 0.2) is 24.4 Å². The summed E-state index contributed by atoms with van der Waals surface area (Å²) in [6.45, 7) is 13.7. The number of carbonyl (C=O) groups excluding carboxylic acids is 1. The van der Waals surface area contributed by atoms with Gasteiger partial charge in [0.1, 0.15) is 0 Å². The van der Waals surface area contributed by atoms with Crippen molar-refractivity contribution in [2.45, 2.75) is 53.4 Å². The van der Waals surface area contributed by atoms with E-state index in [0.717, 1.165) is 25.1 Å². The van der Waals surface area contributed by atoms with Gasteiger partial charge in [-0.15, -0.1) is 0 Å². The molecule has 0 saturated carbocycles. The first kappa shape index (κ1) is 15.0. The molecule has 0 bridgehead atoms. The van der Waals surface area contributed by atoms with Crippen LogP contribution in [-0.4, -0.2) is 17.4 Å². The lowest BCUT2D eigenvalue weighted by molar-refractivity contribution is -0.126. The number of rotatable bonds is 6. The highest BCUT2D eigenvalue weighted by molar-refractivity contribution is 5.80. The summed E-state index contributed by atoms with van der Waals surface area (Å²) in [6.07, 6.45) is 7.60. The summed E-state index contributed by atoms with van der Waals surface area (Å²) in [5.41, 5.74) is 1.37. The van der Waals surface area contributed by atoms with Crippen LogP contribution >= 0.6 is 0 Å². The third-order valence-corrected chi connectivity index (χ3v) is 3.35. The van der Waals surface area contributed by atoms with Crippen LogP contribution in [0, 0.1) is 11.3 Å². The normalized spacial score (nSPS) is 17.7. The maximum atomic E-state index is 11.8. The van der Waals surface area contributed by atoms with Crippen molar-refractivity contribution >= 4 is 5.91 Å². The Balaban J connectivity index is 2.78. The molecule has 1 heterocycles. The van der Waals surface area contributed by atoms with Gasteiger partial charge in [-0.2, -0.15) is 0 Å². The molecule has 0 spiro atoms. The Labute approximate surface area is 112 Å². The predicted octanol–water partition coefficient (Wildman–Crippen LogP) is 4.14. The van der Waals surface area contributed by atoms with Crippen molar-refractivity contribution < 1.29 is 4.79 Å². The van der Waals surface area contributed by atoms with E-state index in [1.54, 1.807) is 6.08 Å². The van der Waals surface area contributed by atoms with Gasteiger partial charge < -0.3 is 4.90 Å². The highest BCUT2D eigenvalue weighted by Crippen LogP contribution is 2.34. The molecule has 1 rings (SSSR count). The number of hydrogen-bond donors (Lipinski definition) is 0. The molecule has 1 aliphatic rings. The van der Waals surface area contributed by atoms with Gasteiger partial charge in [-0.05, 0) is 36.7 Å². The van der Waals surface area contributed by atoms with Crippen molar-refractivity contribution in [2.75, 3.05) is 6.54 Å². The smallest absolute Gasteiger partial charge is 0.226 e. The van der Waals surface area contributed by atoms with E-state index in [2.05, 4.69) is 34.3 Å². The molecule has 0 aromatic heterocycles. The van der Waals surface area contributed by atoms with E-state index < -0.39 is 0 Å². The second-order valence-electron chi connectivity index (χ2n) is 6.48. The number of hydrogen-bond acceptors (Lipinski definition) is 1. The van der Waals surface area contributed by atoms with Gasteiger partial charge in [-0.25, -0.2) is 0 Å². The van der Waals surface area contributed by atoms with Crippen molar-refractivity contribution in [2.24, 2.45) is 11.3 Å². The van der Waals surface area contributed by atoms with E-state index in [-0.39, 0.29) is 11.3 Å². The highest BCUT2D eigenvalue weighted by Gasteiger charge is 2.28. The number of nitrogens with zero attached hydrogens (tertiary/aromatic N) is 1. The molecule has 1 aliphatic heterocycles. The van der Waals surface area contributed by atoms with Crippen LogP contribution < -0.4 is 0 Å². The molecule has 0 aromatic carbocycles. The van der Waals surface area contributed by atoms with Crippen molar-refractivity contribution in [1.82, 2.24) is 4.90 Å².